The molecular formula is C26H21N5O8S3. The lowest BCUT2D eigenvalue weighted by Crippen LogP contribution is -2.00. The molecule has 4 aromatic rings. The smallest absolute Gasteiger partial charge is 0.296 e. The van der Waals surface area contributed by atoms with E-state index in [4.69, 9.17) is 10.3 Å². The number of fused-ring (bicyclic) bond motifs is 1. The van der Waals surface area contributed by atoms with Gasteiger partial charge < -0.3 is 15.4 Å². The number of nitrogen functional groups attached to an aromatic ring is 1. The van der Waals surface area contributed by atoms with Crippen molar-refractivity contribution in [3.63, 3.8) is 0 Å². The number of anilines is 1. The molecule has 0 radical (unpaired) electrons. The molecular weight excluding hydrogens is 607 g/mol. The third-order valence-corrected chi connectivity index (χ3v) is 8.73. The Hall–Kier alpha value is -4.61. The van der Waals surface area contributed by atoms with E-state index in [1.807, 2.05) is 0 Å². The normalized spacial score (nSPS) is 13.1. The number of rotatable bonds is 9. The molecule has 1 unspecified atom stereocenters. The Morgan fingerprint density at radius 3 is 2.00 bits per heavy atom. The first-order chi connectivity index (χ1) is 19.7. The molecule has 0 saturated heterocycles. The van der Waals surface area contributed by atoms with Crippen molar-refractivity contribution in [1.82, 2.24) is 0 Å². The van der Waals surface area contributed by atoms with Gasteiger partial charge in [-0.15, -0.1) is 10.2 Å². The monoisotopic (exact) mass is 627 g/mol. The van der Waals surface area contributed by atoms with Gasteiger partial charge in [-0.05, 0) is 59.5 Å². The Kier molecular flexibility index (Phi) is 8.46. The molecule has 0 aliphatic carbocycles. The highest BCUT2D eigenvalue weighted by Crippen LogP contribution is 2.46. The lowest BCUT2D eigenvalue weighted by molar-refractivity contribution is 0.472. The summed E-state index contributed by atoms with van der Waals surface area (Å²) < 4.78 is 78.2. The predicted octanol–water partition coefficient (Wildman–Crippen LogP) is 6.31. The topological polar surface area (TPSA) is 221 Å². The Bertz CT molecular complexity index is 2040. The van der Waals surface area contributed by atoms with Crippen molar-refractivity contribution >= 4 is 75.2 Å². The number of hydrogen-bond donors (Lipinski definition) is 4. The van der Waals surface area contributed by atoms with Crippen LogP contribution in [0, 0.1) is 0 Å². The number of sulfone groups is 1. The third-order valence-electron chi connectivity index (χ3n) is 5.84. The van der Waals surface area contributed by atoms with Crippen LogP contribution in [0.25, 0.3) is 15.7 Å². The standard InChI is InChI=1S/C26H21N5O8S3/c1-3-41(35,36)20-11-9-19(10-12-20)29-31-25-22(42(37,38)39)14-17-6-13-21(24(27)23(17)26(25)32)30-28-18-7-4-16(5-8-18)15(2)40(33)34/h3-14,32H,1-2,27H2,(H,33,34)(H,37,38,39). The average molecular weight is 628 g/mol. The molecule has 0 spiro atoms. The second-order valence-corrected chi connectivity index (χ2v) is 12.7. The summed E-state index contributed by atoms with van der Waals surface area (Å²) in [6, 6.07) is 15.0. The molecule has 5 N–H and O–H groups in total. The first-order valence-electron chi connectivity index (χ1n) is 11.5. The minimum absolute atomic E-state index is 0.0163. The molecule has 0 heterocycles. The fraction of sp³-hybridized carbons (Fsp3) is 0. The second-order valence-electron chi connectivity index (χ2n) is 8.47. The van der Waals surface area contributed by atoms with Gasteiger partial charge in [0.05, 0.1) is 32.2 Å². The van der Waals surface area contributed by atoms with E-state index in [1.165, 1.54) is 60.7 Å². The summed E-state index contributed by atoms with van der Waals surface area (Å²) >= 11 is -2.23. The Balaban J connectivity index is 1.76. The number of hydrogen-bond acceptors (Lipinski definition) is 11. The van der Waals surface area contributed by atoms with Crippen molar-refractivity contribution in [3.05, 3.63) is 90.9 Å². The van der Waals surface area contributed by atoms with Crippen molar-refractivity contribution in [3.8, 4) is 5.75 Å². The van der Waals surface area contributed by atoms with Gasteiger partial charge in [0.15, 0.2) is 26.7 Å². The van der Waals surface area contributed by atoms with E-state index in [1.54, 1.807) is 0 Å². The molecule has 0 bridgehead atoms. The van der Waals surface area contributed by atoms with Crippen LogP contribution in [0.1, 0.15) is 5.56 Å². The summed E-state index contributed by atoms with van der Waals surface area (Å²) in [7, 11) is -8.59. The minimum atomic E-state index is -4.89. The molecule has 0 aliphatic heterocycles. The van der Waals surface area contributed by atoms with E-state index in [0.717, 1.165) is 11.5 Å². The first-order valence-corrected chi connectivity index (χ1v) is 15.6. The average Bonchev–Trinajstić information content (AvgIpc) is 2.95. The first kappa shape index (κ1) is 30.4. The molecule has 4 rings (SSSR count). The van der Waals surface area contributed by atoms with Gasteiger partial charge in [-0.25, -0.2) is 12.6 Å². The van der Waals surface area contributed by atoms with Gasteiger partial charge in [0.25, 0.3) is 10.1 Å². The van der Waals surface area contributed by atoms with Crippen LogP contribution in [0.3, 0.4) is 0 Å². The molecule has 0 amide bonds. The zero-order chi connectivity index (χ0) is 30.8. The number of nitrogens with zero attached hydrogens (tertiary/aromatic N) is 4. The molecule has 0 aliphatic rings. The molecule has 4 aromatic carbocycles. The zero-order valence-electron chi connectivity index (χ0n) is 21.3. The molecule has 0 saturated carbocycles. The summed E-state index contributed by atoms with van der Waals surface area (Å²) in [5.41, 5.74) is 6.54. The van der Waals surface area contributed by atoms with Gasteiger partial charge in [0, 0.05) is 5.41 Å². The molecule has 16 heteroatoms. The highest BCUT2D eigenvalue weighted by molar-refractivity contribution is 7.94. The van der Waals surface area contributed by atoms with Gasteiger partial charge in [-0.1, -0.05) is 31.4 Å². The molecule has 216 valence electrons. The SMILES string of the molecule is C=CS(=O)(=O)c1ccc(N=Nc2c(S(=O)(=O)O)cc3ccc(N=Nc4ccc(C(=C)S(=O)O)cc4)c(N)c3c2O)cc1. The van der Waals surface area contributed by atoms with Gasteiger partial charge in [0.1, 0.15) is 16.3 Å². The molecule has 42 heavy (non-hydrogen) atoms. The van der Waals surface area contributed by atoms with Crippen LogP contribution in [-0.2, 0) is 31.0 Å². The number of benzene rings is 4. The van der Waals surface area contributed by atoms with E-state index in [2.05, 4.69) is 33.6 Å². The lowest BCUT2D eigenvalue weighted by atomic mass is 10.1. The van der Waals surface area contributed by atoms with E-state index in [0.29, 0.717) is 11.3 Å². The van der Waals surface area contributed by atoms with E-state index in [9.17, 15) is 30.7 Å². The molecule has 0 aromatic heterocycles. The number of aromatic hydroxyl groups is 1. The van der Waals surface area contributed by atoms with E-state index in [-0.39, 0.29) is 37.6 Å². The maximum Gasteiger partial charge on any atom is 0.296 e. The lowest BCUT2D eigenvalue weighted by Gasteiger charge is -2.11. The Morgan fingerprint density at radius 1 is 0.881 bits per heavy atom. The van der Waals surface area contributed by atoms with Crippen molar-refractivity contribution in [2.24, 2.45) is 20.5 Å². The van der Waals surface area contributed by atoms with Crippen LogP contribution in [0.2, 0.25) is 0 Å². The largest absolute Gasteiger partial charge is 0.505 e. The second kappa shape index (κ2) is 11.7. The zero-order valence-corrected chi connectivity index (χ0v) is 23.8. The van der Waals surface area contributed by atoms with Crippen LogP contribution < -0.4 is 5.73 Å². The summed E-state index contributed by atoms with van der Waals surface area (Å²) in [4.78, 5) is -0.787. The van der Waals surface area contributed by atoms with Crippen LogP contribution in [0.4, 0.5) is 28.4 Å². The van der Waals surface area contributed by atoms with E-state index < -0.39 is 47.4 Å². The summed E-state index contributed by atoms with van der Waals surface area (Å²) in [5, 5.41) is 27.8. The summed E-state index contributed by atoms with van der Waals surface area (Å²) in [5.74, 6) is -0.718. The van der Waals surface area contributed by atoms with Gasteiger partial charge in [-0.2, -0.15) is 18.6 Å². The highest BCUT2D eigenvalue weighted by Gasteiger charge is 2.24. The molecule has 13 nitrogen and oxygen atoms in total. The van der Waals surface area contributed by atoms with Crippen molar-refractivity contribution in [1.29, 1.82) is 0 Å². The van der Waals surface area contributed by atoms with Crippen LogP contribution in [0.5, 0.6) is 5.75 Å². The van der Waals surface area contributed by atoms with E-state index >= 15 is 0 Å². The quantitative estimate of drug-likeness (QED) is 0.0704. The molecule has 1 atom stereocenters. The number of phenolic OH excluding ortho intramolecular Hbond substituents is 1. The van der Waals surface area contributed by atoms with Crippen molar-refractivity contribution in [2.45, 2.75) is 9.79 Å². The van der Waals surface area contributed by atoms with Crippen molar-refractivity contribution in [2.75, 3.05) is 5.73 Å². The third kappa shape index (κ3) is 6.32. The van der Waals surface area contributed by atoms with Gasteiger partial charge >= 0.3 is 0 Å². The molecule has 0 fully saturated rings. The maximum atomic E-state index is 12.1. The fourth-order valence-corrected chi connectivity index (χ4v) is 5.37. The summed E-state index contributed by atoms with van der Waals surface area (Å²) in [6.45, 7) is 6.78. The number of phenols is 1. The minimum Gasteiger partial charge on any atom is -0.505 e. The van der Waals surface area contributed by atoms with Gasteiger partial charge in [0.2, 0.25) is 0 Å². The van der Waals surface area contributed by atoms with Crippen LogP contribution >= 0.6 is 0 Å². The van der Waals surface area contributed by atoms with Gasteiger partial charge in [-0.3, -0.25) is 4.55 Å². The Morgan fingerprint density at radius 2 is 1.45 bits per heavy atom. The van der Waals surface area contributed by atoms with Crippen molar-refractivity contribution < 1.29 is 35.3 Å². The fourth-order valence-electron chi connectivity index (χ4n) is 3.67. The summed E-state index contributed by atoms with van der Waals surface area (Å²) in [6.07, 6.45) is 0. The number of nitrogens with two attached hydrogens (primary N) is 1. The van der Waals surface area contributed by atoms with Crippen LogP contribution in [0.15, 0.2) is 116 Å². The maximum absolute atomic E-state index is 12.1. The highest BCUT2D eigenvalue weighted by atomic mass is 32.2. The predicted molar refractivity (Wildman–Crippen MR) is 158 cm³/mol. The van der Waals surface area contributed by atoms with Crippen LogP contribution in [-0.4, -0.2) is 35.3 Å². The number of azo groups is 2. The Labute approximate surface area is 242 Å².